The van der Waals surface area contributed by atoms with Gasteiger partial charge in [0.15, 0.2) is 0 Å². The quantitative estimate of drug-likeness (QED) is 0.761. The van der Waals surface area contributed by atoms with Crippen LogP contribution in [0.1, 0.15) is 18.5 Å². The van der Waals surface area contributed by atoms with E-state index in [1.807, 2.05) is 11.9 Å². The third kappa shape index (κ3) is 3.41. The molecule has 2 fully saturated rings. The van der Waals surface area contributed by atoms with E-state index >= 15 is 0 Å². The molecule has 0 aliphatic carbocycles. The molecule has 1 aromatic rings. The average Bonchev–Trinajstić information content (AvgIpc) is 3.10. The molecule has 0 N–H and O–H groups in total. The Morgan fingerprint density at radius 3 is 2.90 bits per heavy atom. The second kappa shape index (κ2) is 6.53. The van der Waals surface area contributed by atoms with Crippen LogP contribution in [0.5, 0.6) is 0 Å². The molecule has 0 bridgehead atoms. The van der Waals surface area contributed by atoms with E-state index in [1.165, 1.54) is 0 Å². The van der Waals surface area contributed by atoms with Gasteiger partial charge in [0.2, 0.25) is 5.91 Å². The van der Waals surface area contributed by atoms with E-state index in [0.717, 1.165) is 57.9 Å². The summed E-state index contributed by atoms with van der Waals surface area (Å²) in [5, 5.41) is 7.72. The molecular formula is C14H23N5O2. The number of hydrogen-bond acceptors (Lipinski definition) is 5. The Hall–Kier alpha value is -1.47. The van der Waals surface area contributed by atoms with Crippen LogP contribution in [-0.2, 0) is 23.0 Å². The second-order valence-corrected chi connectivity index (χ2v) is 5.82. The summed E-state index contributed by atoms with van der Waals surface area (Å²) in [5.74, 6) is 0.191. The molecule has 0 aromatic carbocycles. The predicted molar refractivity (Wildman–Crippen MR) is 76.7 cm³/mol. The van der Waals surface area contributed by atoms with E-state index in [0.29, 0.717) is 12.5 Å². The molecule has 0 spiro atoms. The van der Waals surface area contributed by atoms with Gasteiger partial charge in [-0.15, -0.1) is 5.10 Å². The summed E-state index contributed by atoms with van der Waals surface area (Å²) in [6, 6.07) is 0.344. The molecule has 0 saturated carbocycles. The van der Waals surface area contributed by atoms with Crippen LogP contribution in [0.2, 0.25) is 0 Å². The van der Waals surface area contributed by atoms with Gasteiger partial charge in [0, 0.05) is 39.3 Å². The van der Waals surface area contributed by atoms with Crippen LogP contribution in [-0.4, -0.2) is 76.1 Å². The van der Waals surface area contributed by atoms with Crippen molar-refractivity contribution in [3.8, 4) is 0 Å². The number of amides is 1. The number of rotatable bonds is 4. The van der Waals surface area contributed by atoms with Crippen molar-refractivity contribution in [1.82, 2.24) is 24.8 Å². The Labute approximate surface area is 124 Å². The molecular weight excluding hydrogens is 270 g/mol. The summed E-state index contributed by atoms with van der Waals surface area (Å²) in [7, 11) is 1.82. The molecule has 1 unspecified atom stereocenters. The van der Waals surface area contributed by atoms with Crippen molar-refractivity contribution in [2.24, 2.45) is 7.05 Å². The summed E-state index contributed by atoms with van der Waals surface area (Å²) < 4.78 is 7.05. The highest BCUT2D eigenvalue weighted by Gasteiger charge is 2.30. The summed E-state index contributed by atoms with van der Waals surface area (Å²) in [6.07, 6.45) is 4.27. The third-order valence-electron chi connectivity index (χ3n) is 4.41. The van der Waals surface area contributed by atoms with E-state index in [-0.39, 0.29) is 5.91 Å². The van der Waals surface area contributed by atoms with Gasteiger partial charge in [-0.1, -0.05) is 5.21 Å². The van der Waals surface area contributed by atoms with Crippen molar-refractivity contribution in [3.63, 3.8) is 0 Å². The Bertz CT molecular complexity index is 483. The number of carbonyl (C=O) groups is 1. The minimum atomic E-state index is 0.191. The first-order chi connectivity index (χ1) is 10.2. The van der Waals surface area contributed by atoms with E-state index in [9.17, 15) is 4.79 Å². The molecule has 7 nitrogen and oxygen atoms in total. The first-order valence-corrected chi connectivity index (χ1v) is 7.67. The number of carbonyl (C=O) groups excluding carboxylic acids is 1. The second-order valence-electron chi connectivity index (χ2n) is 5.82. The van der Waals surface area contributed by atoms with Crippen LogP contribution in [0.3, 0.4) is 0 Å². The van der Waals surface area contributed by atoms with Crippen molar-refractivity contribution >= 4 is 5.91 Å². The molecule has 1 amide bonds. The standard InChI is InChI=1S/C14H23N5O2/c1-17-13(10-15-16-17)9-14(20)19-4-2-3-12(19)11-18-5-7-21-8-6-18/h10,12H,2-9,11H2,1H3. The van der Waals surface area contributed by atoms with E-state index in [1.54, 1.807) is 10.9 Å². The fraction of sp³-hybridized carbons (Fsp3) is 0.786. The van der Waals surface area contributed by atoms with Gasteiger partial charge in [-0.3, -0.25) is 14.4 Å². The van der Waals surface area contributed by atoms with Crippen molar-refractivity contribution < 1.29 is 9.53 Å². The summed E-state index contributed by atoms with van der Waals surface area (Å²) in [5.41, 5.74) is 0.872. The number of aryl methyl sites for hydroxylation is 1. The maximum atomic E-state index is 12.5. The minimum Gasteiger partial charge on any atom is -0.379 e. The first-order valence-electron chi connectivity index (χ1n) is 7.67. The van der Waals surface area contributed by atoms with E-state index < -0.39 is 0 Å². The van der Waals surface area contributed by atoms with Crippen molar-refractivity contribution in [1.29, 1.82) is 0 Å². The molecule has 116 valence electrons. The van der Waals surface area contributed by atoms with Gasteiger partial charge in [-0.25, -0.2) is 0 Å². The molecule has 2 aliphatic heterocycles. The molecule has 7 heteroatoms. The van der Waals surface area contributed by atoms with Gasteiger partial charge in [-0.05, 0) is 12.8 Å². The lowest BCUT2D eigenvalue weighted by Gasteiger charge is -2.33. The molecule has 21 heavy (non-hydrogen) atoms. The highest BCUT2D eigenvalue weighted by molar-refractivity contribution is 5.78. The lowest BCUT2D eigenvalue weighted by molar-refractivity contribution is -0.131. The molecule has 2 aliphatic rings. The lowest BCUT2D eigenvalue weighted by atomic mass is 10.2. The monoisotopic (exact) mass is 293 g/mol. The van der Waals surface area contributed by atoms with Crippen LogP contribution in [0.25, 0.3) is 0 Å². The number of hydrogen-bond donors (Lipinski definition) is 0. The highest BCUT2D eigenvalue weighted by Crippen LogP contribution is 2.20. The topological polar surface area (TPSA) is 63.5 Å². The van der Waals surface area contributed by atoms with Crippen molar-refractivity contribution in [2.75, 3.05) is 39.4 Å². The minimum absolute atomic E-state index is 0.191. The van der Waals surface area contributed by atoms with Crippen LogP contribution in [0.4, 0.5) is 0 Å². The van der Waals surface area contributed by atoms with Gasteiger partial charge in [0.1, 0.15) is 0 Å². The number of nitrogens with zero attached hydrogens (tertiary/aromatic N) is 5. The zero-order chi connectivity index (χ0) is 14.7. The van der Waals surface area contributed by atoms with Gasteiger partial charge in [-0.2, -0.15) is 0 Å². The van der Waals surface area contributed by atoms with Gasteiger partial charge < -0.3 is 9.64 Å². The summed E-state index contributed by atoms with van der Waals surface area (Å²) in [6.45, 7) is 5.41. The smallest absolute Gasteiger partial charge is 0.228 e. The van der Waals surface area contributed by atoms with Crippen LogP contribution in [0, 0.1) is 0 Å². The highest BCUT2D eigenvalue weighted by atomic mass is 16.5. The zero-order valence-electron chi connectivity index (χ0n) is 12.6. The largest absolute Gasteiger partial charge is 0.379 e. The number of aromatic nitrogens is 3. The van der Waals surface area contributed by atoms with Crippen molar-refractivity contribution in [3.05, 3.63) is 11.9 Å². The Kier molecular flexibility index (Phi) is 4.50. The maximum absolute atomic E-state index is 12.5. The number of ether oxygens (including phenoxy) is 1. The zero-order valence-corrected chi connectivity index (χ0v) is 12.6. The van der Waals surface area contributed by atoms with Crippen molar-refractivity contribution in [2.45, 2.75) is 25.3 Å². The Morgan fingerprint density at radius 2 is 2.19 bits per heavy atom. The van der Waals surface area contributed by atoms with Gasteiger partial charge in [0.25, 0.3) is 0 Å². The van der Waals surface area contributed by atoms with E-state index in [4.69, 9.17) is 4.74 Å². The molecule has 3 heterocycles. The summed E-state index contributed by atoms with van der Waals surface area (Å²) >= 11 is 0. The Morgan fingerprint density at radius 1 is 1.38 bits per heavy atom. The molecule has 2 saturated heterocycles. The maximum Gasteiger partial charge on any atom is 0.228 e. The first kappa shape index (κ1) is 14.5. The SMILES string of the molecule is Cn1nncc1CC(=O)N1CCCC1CN1CCOCC1. The van der Waals surface area contributed by atoms with Crippen LogP contribution < -0.4 is 0 Å². The number of likely N-dealkylation sites (tertiary alicyclic amines) is 1. The fourth-order valence-corrected chi connectivity index (χ4v) is 3.16. The van der Waals surface area contributed by atoms with Gasteiger partial charge >= 0.3 is 0 Å². The van der Waals surface area contributed by atoms with E-state index in [2.05, 4.69) is 15.2 Å². The molecule has 1 atom stereocenters. The third-order valence-corrected chi connectivity index (χ3v) is 4.41. The average molecular weight is 293 g/mol. The van der Waals surface area contributed by atoms with Gasteiger partial charge in [0.05, 0.1) is 31.5 Å². The predicted octanol–water partition coefficient (Wildman–Crippen LogP) is -0.319. The van der Waals surface area contributed by atoms with Crippen LogP contribution >= 0.6 is 0 Å². The normalized spacial score (nSPS) is 23.7. The fourth-order valence-electron chi connectivity index (χ4n) is 3.16. The molecule has 0 radical (unpaired) electrons. The summed E-state index contributed by atoms with van der Waals surface area (Å²) in [4.78, 5) is 17.0. The molecule has 1 aromatic heterocycles. The Balaban J connectivity index is 1.58. The lowest BCUT2D eigenvalue weighted by Crippen LogP contribution is -2.47. The van der Waals surface area contributed by atoms with Crippen LogP contribution in [0.15, 0.2) is 6.20 Å². The molecule has 3 rings (SSSR count). The number of morpholine rings is 1.